The Bertz CT molecular complexity index is 1120. The van der Waals surface area contributed by atoms with Crippen LogP contribution in [0.2, 0.25) is 0 Å². The first-order valence-electron chi connectivity index (χ1n) is 11.2. The van der Waals surface area contributed by atoms with E-state index in [-0.39, 0.29) is 11.7 Å². The van der Waals surface area contributed by atoms with Crippen molar-refractivity contribution in [3.63, 3.8) is 0 Å². The Morgan fingerprint density at radius 2 is 2.15 bits per heavy atom. The number of hydrogen-bond acceptors (Lipinski definition) is 4. The average Bonchev–Trinajstić information content (AvgIpc) is 2.93. The van der Waals surface area contributed by atoms with Crippen LogP contribution in [0.3, 0.4) is 0 Å². The third kappa shape index (κ3) is 5.68. The van der Waals surface area contributed by atoms with Crippen LogP contribution in [0.5, 0.6) is 0 Å². The molecule has 6 nitrogen and oxygen atoms in total. The average molecular weight is 469 g/mol. The highest BCUT2D eigenvalue weighted by Crippen LogP contribution is 2.34. The standard InChI is InChI=1S/C23H24FN5OS.C2H6/c1-28-15-26-18(8-5-13-31-2)9-10-19(28)21-20(16-6-3-4-7-17(24)14-16)22-23(30)25-11-12-29(22)27-21;1-2/h3-5,7-8,10,14-15H,6,9,11-13H2,1-2H3;1-2H3/p+1. The van der Waals surface area contributed by atoms with Crippen LogP contribution in [0, 0.1) is 0 Å². The second kappa shape index (κ2) is 11.7. The highest BCUT2D eigenvalue weighted by atomic mass is 32.2. The molecule has 2 aliphatic heterocycles. The van der Waals surface area contributed by atoms with E-state index in [9.17, 15) is 9.18 Å². The summed E-state index contributed by atoms with van der Waals surface area (Å²) in [4.78, 5) is 17.3. The predicted molar refractivity (Wildman–Crippen MR) is 137 cm³/mol. The Kier molecular flexibility index (Phi) is 8.77. The molecular formula is C25H31FN5OS+. The van der Waals surface area contributed by atoms with Gasteiger partial charge in [0.15, 0.2) is 11.4 Å². The Balaban J connectivity index is 0.00000149. The van der Waals surface area contributed by atoms with Gasteiger partial charge in [0.05, 0.1) is 13.6 Å². The van der Waals surface area contributed by atoms with Crippen molar-refractivity contribution in [2.45, 2.75) is 33.2 Å². The summed E-state index contributed by atoms with van der Waals surface area (Å²) < 4.78 is 17.9. The molecule has 0 saturated heterocycles. The molecule has 33 heavy (non-hydrogen) atoms. The van der Waals surface area contributed by atoms with Gasteiger partial charge in [-0.25, -0.2) is 8.97 Å². The van der Waals surface area contributed by atoms with Gasteiger partial charge in [-0.3, -0.25) is 9.48 Å². The molecule has 1 aliphatic carbocycles. The number of aliphatic imine (C=N–C) groups is 1. The van der Waals surface area contributed by atoms with Crippen LogP contribution in [-0.2, 0) is 6.54 Å². The minimum absolute atomic E-state index is 0.184. The first-order chi connectivity index (χ1) is 16.1. The van der Waals surface area contributed by atoms with E-state index in [2.05, 4.69) is 28.7 Å². The van der Waals surface area contributed by atoms with Gasteiger partial charge in [-0.05, 0) is 42.6 Å². The van der Waals surface area contributed by atoms with Gasteiger partial charge in [0.25, 0.3) is 12.2 Å². The van der Waals surface area contributed by atoms with Crippen molar-refractivity contribution in [2.75, 3.05) is 25.6 Å². The number of nitrogens with one attached hydrogen (secondary N) is 1. The molecular weight excluding hydrogens is 437 g/mol. The maximum absolute atomic E-state index is 14.3. The molecule has 0 unspecified atom stereocenters. The second-order valence-electron chi connectivity index (χ2n) is 7.40. The van der Waals surface area contributed by atoms with E-state index in [0.29, 0.717) is 42.9 Å². The molecule has 4 rings (SSSR count). The van der Waals surface area contributed by atoms with Crippen molar-refractivity contribution in [3.8, 4) is 0 Å². The van der Waals surface area contributed by atoms with Crippen molar-refractivity contribution in [1.29, 1.82) is 0 Å². The molecule has 3 aliphatic rings. The smallest absolute Gasteiger partial charge is 0.286 e. The summed E-state index contributed by atoms with van der Waals surface area (Å²) in [5.41, 5.74) is 4.36. The third-order valence-corrected chi connectivity index (χ3v) is 5.76. The number of halogens is 1. The zero-order valence-corrected chi connectivity index (χ0v) is 20.5. The monoisotopic (exact) mass is 468 g/mol. The highest BCUT2D eigenvalue weighted by Gasteiger charge is 2.31. The Hall–Kier alpha value is -3.00. The summed E-state index contributed by atoms with van der Waals surface area (Å²) in [7, 11) is 1.91. The fourth-order valence-electron chi connectivity index (χ4n) is 3.78. The molecule has 1 amide bonds. The molecule has 1 aromatic heterocycles. The van der Waals surface area contributed by atoms with Gasteiger partial charge in [-0.15, -0.1) is 0 Å². The van der Waals surface area contributed by atoms with E-state index in [1.807, 2.05) is 37.6 Å². The Labute approximate surface area is 199 Å². The zero-order chi connectivity index (χ0) is 23.8. The van der Waals surface area contributed by atoms with Crippen LogP contribution in [0.4, 0.5) is 4.39 Å². The molecule has 0 spiro atoms. The lowest BCUT2D eigenvalue weighted by atomic mass is 9.97. The molecule has 8 heteroatoms. The first-order valence-corrected chi connectivity index (χ1v) is 12.6. The number of aromatic nitrogens is 2. The molecule has 3 heterocycles. The van der Waals surface area contributed by atoms with Crippen molar-refractivity contribution < 1.29 is 13.8 Å². The third-order valence-electron chi connectivity index (χ3n) is 5.24. The summed E-state index contributed by atoms with van der Waals surface area (Å²) in [5.74, 6) is 0.403. The number of thioether (sulfide) groups is 1. The normalized spacial score (nSPS) is 18.0. The van der Waals surface area contributed by atoms with Crippen molar-refractivity contribution in [1.82, 2.24) is 15.1 Å². The molecule has 0 radical (unpaired) electrons. The van der Waals surface area contributed by atoms with Gasteiger partial charge in [-0.2, -0.15) is 16.9 Å². The quantitative estimate of drug-likeness (QED) is 0.641. The second-order valence-corrected chi connectivity index (χ2v) is 8.31. The molecule has 1 aromatic rings. The van der Waals surface area contributed by atoms with E-state index >= 15 is 0 Å². The maximum Gasteiger partial charge on any atom is 0.286 e. The van der Waals surface area contributed by atoms with Crippen LogP contribution < -0.4 is 5.32 Å². The van der Waals surface area contributed by atoms with Gasteiger partial charge in [-0.1, -0.05) is 37.1 Å². The van der Waals surface area contributed by atoms with E-state index in [1.165, 1.54) is 12.2 Å². The van der Waals surface area contributed by atoms with E-state index in [1.54, 1.807) is 28.9 Å². The summed E-state index contributed by atoms with van der Waals surface area (Å²) in [6.07, 6.45) is 17.7. The Morgan fingerprint density at radius 1 is 1.33 bits per heavy atom. The number of carbonyl (C=O) groups is 1. The molecule has 0 saturated carbocycles. The van der Waals surface area contributed by atoms with Crippen LogP contribution in [0.25, 0.3) is 11.3 Å². The molecule has 0 atom stereocenters. The lowest BCUT2D eigenvalue weighted by Crippen LogP contribution is -2.36. The number of nitrogens with zero attached hydrogens (tertiary/aromatic N) is 4. The minimum atomic E-state index is -0.342. The number of hydrogen-bond donors (Lipinski definition) is 1. The van der Waals surface area contributed by atoms with Crippen LogP contribution in [0.1, 0.15) is 48.4 Å². The van der Waals surface area contributed by atoms with Crippen LogP contribution in [-0.4, -0.2) is 57.9 Å². The maximum atomic E-state index is 14.3. The largest absolute Gasteiger partial charge is 0.349 e. The van der Waals surface area contributed by atoms with Gasteiger partial charge < -0.3 is 5.32 Å². The van der Waals surface area contributed by atoms with Crippen LogP contribution in [0.15, 0.2) is 53.4 Å². The summed E-state index contributed by atoms with van der Waals surface area (Å²) in [6, 6.07) is 0. The van der Waals surface area contributed by atoms with Crippen molar-refractivity contribution in [2.24, 2.45) is 4.99 Å². The fourth-order valence-corrected chi connectivity index (χ4v) is 4.06. The van der Waals surface area contributed by atoms with E-state index in [0.717, 1.165) is 22.7 Å². The summed E-state index contributed by atoms with van der Waals surface area (Å²) >= 11 is 1.75. The van der Waals surface area contributed by atoms with Gasteiger partial charge in [0.1, 0.15) is 17.2 Å². The number of fused-ring (bicyclic) bond motifs is 1. The number of rotatable bonds is 5. The Morgan fingerprint density at radius 3 is 2.94 bits per heavy atom. The van der Waals surface area contributed by atoms with Crippen LogP contribution >= 0.6 is 11.8 Å². The summed E-state index contributed by atoms with van der Waals surface area (Å²) in [6.45, 7) is 5.10. The molecule has 174 valence electrons. The first kappa shape index (κ1) is 24.6. The topological polar surface area (TPSA) is 62.3 Å². The van der Waals surface area contributed by atoms with Gasteiger partial charge in [0.2, 0.25) is 0 Å². The zero-order valence-electron chi connectivity index (χ0n) is 19.6. The van der Waals surface area contributed by atoms with Gasteiger partial charge in [0, 0.05) is 24.3 Å². The van der Waals surface area contributed by atoms with Crippen molar-refractivity contribution >= 4 is 41.0 Å². The van der Waals surface area contributed by atoms with E-state index in [4.69, 9.17) is 5.10 Å². The van der Waals surface area contributed by atoms with Crippen molar-refractivity contribution in [3.05, 3.63) is 65.3 Å². The highest BCUT2D eigenvalue weighted by molar-refractivity contribution is 7.98. The SMILES string of the molecule is CC.CSCC=CC1=NC=[N+](C)C(c2nn3c(c2C2=CC(F)=CC=CC2)C(=O)NCC3)=CC1. The number of allylic oxidation sites excluding steroid dienone is 8. The predicted octanol–water partition coefficient (Wildman–Crippen LogP) is 4.62. The lowest BCUT2D eigenvalue weighted by Gasteiger charge is -2.16. The molecule has 1 N–H and O–H groups in total. The molecule has 0 fully saturated rings. The van der Waals surface area contributed by atoms with E-state index < -0.39 is 0 Å². The number of carbonyl (C=O) groups excluding carboxylic acids is 1. The molecule has 0 bridgehead atoms. The molecule has 0 aromatic carbocycles. The van der Waals surface area contributed by atoms with Gasteiger partial charge >= 0.3 is 0 Å². The fraction of sp³-hybridized carbons (Fsp3) is 0.360. The lowest BCUT2D eigenvalue weighted by molar-refractivity contribution is -0.391. The summed E-state index contributed by atoms with van der Waals surface area (Å²) in [5, 5.41) is 7.69. The number of amides is 1. The minimum Gasteiger partial charge on any atom is -0.349 e.